The molecule has 1 spiro atoms. The summed E-state index contributed by atoms with van der Waals surface area (Å²) < 4.78 is 69.0. The molecule has 3 fully saturated rings. The molecule has 2 N–H and O–H groups in total. The molecule has 4 heterocycles. The molecule has 0 radical (unpaired) electrons. The minimum Gasteiger partial charge on any atom is -0.475 e. The summed E-state index contributed by atoms with van der Waals surface area (Å²) in [6, 6.07) is 6.77. The summed E-state index contributed by atoms with van der Waals surface area (Å²) in [5.74, 6) is -5.21. The van der Waals surface area contributed by atoms with Crippen molar-refractivity contribution in [1.29, 1.82) is 0 Å². The lowest BCUT2D eigenvalue weighted by Crippen LogP contribution is -2.55. The molecule has 220 valence electrons. The highest BCUT2D eigenvalue weighted by molar-refractivity contribution is 5.79. The summed E-state index contributed by atoms with van der Waals surface area (Å²) >= 11 is 0. The molecule has 0 unspecified atom stereocenters. The number of carbonyl (C=O) groups excluding carboxylic acids is 1. The third kappa shape index (κ3) is 9.64. The molecule has 3 saturated heterocycles. The second-order valence-electron chi connectivity index (χ2n) is 9.46. The van der Waals surface area contributed by atoms with E-state index < -0.39 is 24.3 Å². The van der Waals surface area contributed by atoms with Crippen LogP contribution in [0.4, 0.5) is 26.3 Å². The largest absolute Gasteiger partial charge is 0.490 e. The number of nitrogens with zero attached hydrogens (tertiary/aromatic N) is 3. The number of alkyl halides is 6. The van der Waals surface area contributed by atoms with Crippen LogP contribution in [0.15, 0.2) is 18.2 Å². The van der Waals surface area contributed by atoms with Crippen LogP contribution in [0.25, 0.3) is 0 Å². The molecular weight excluding hydrogens is 540 g/mol. The van der Waals surface area contributed by atoms with E-state index in [-0.39, 0.29) is 5.54 Å². The molecule has 15 heteroatoms. The second-order valence-corrected chi connectivity index (χ2v) is 9.46. The van der Waals surface area contributed by atoms with Gasteiger partial charge < -0.3 is 24.7 Å². The van der Waals surface area contributed by atoms with Gasteiger partial charge in [0.2, 0.25) is 5.91 Å². The Bertz CT molecular complexity index is 965. The van der Waals surface area contributed by atoms with E-state index in [4.69, 9.17) is 24.5 Å². The van der Waals surface area contributed by atoms with E-state index in [0.717, 1.165) is 69.8 Å². The summed E-state index contributed by atoms with van der Waals surface area (Å²) in [5.41, 5.74) is 2.10. The SMILES string of the molecule is Cc1cccc(CN2C(=O)CCC23CCN(C2CCOCC2)CC3)n1.O=C(O)C(F)(F)F.O=C(O)C(F)(F)F. The van der Waals surface area contributed by atoms with Gasteiger partial charge in [0.1, 0.15) is 0 Å². The van der Waals surface area contributed by atoms with E-state index >= 15 is 0 Å². The fourth-order valence-electron chi connectivity index (χ4n) is 4.86. The van der Waals surface area contributed by atoms with Crippen molar-refractivity contribution in [3.63, 3.8) is 0 Å². The lowest BCUT2D eigenvalue weighted by atomic mass is 9.84. The van der Waals surface area contributed by atoms with E-state index in [0.29, 0.717) is 24.9 Å². The van der Waals surface area contributed by atoms with Crippen molar-refractivity contribution in [2.45, 2.75) is 75.9 Å². The van der Waals surface area contributed by atoms with Crippen LogP contribution in [0.5, 0.6) is 0 Å². The lowest BCUT2D eigenvalue weighted by Gasteiger charge is -2.47. The molecule has 9 nitrogen and oxygen atoms in total. The Kier molecular flexibility index (Phi) is 11.1. The predicted molar refractivity (Wildman–Crippen MR) is 124 cm³/mol. The van der Waals surface area contributed by atoms with Crippen LogP contribution in [-0.4, -0.2) is 93.1 Å². The van der Waals surface area contributed by atoms with Crippen LogP contribution in [-0.2, 0) is 25.7 Å². The van der Waals surface area contributed by atoms with Gasteiger partial charge in [-0.3, -0.25) is 9.78 Å². The first kappa shape index (κ1) is 32.3. The minimum absolute atomic E-state index is 0.0597. The van der Waals surface area contributed by atoms with Crippen LogP contribution < -0.4 is 0 Å². The first-order valence-electron chi connectivity index (χ1n) is 12.2. The molecular formula is C24H31F6N3O6. The molecule has 1 aromatic rings. The zero-order valence-corrected chi connectivity index (χ0v) is 21.2. The first-order valence-corrected chi connectivity index (χ1v) is 12.2. The molecule has 3 aliphatic rings. The molecule has 0 saturated carbocycles. The number of piperidine rings is 1. The van der Waals surface area contributed by atoms with Crippen molar-refractivity contribution in [1.82, 2.24) is 14.8 Å². The Labute approximate surface area is 220 Å². The highest BCUT2D eigenvalue weighted by Crippen LogP contribution is 2.40. The standard InChI is InChI=1S/C20H29N3O2.2C2HF3O2/c1-16-3-2-4-17(21-16)15-23-19(24)5-8-20(23)9-11-22(12-10-20)18-6-13-25-14-7-18;2*3-2(4,5)1(6)7/h2-4,18H,5-15H2,1H3;2*(H,6,7). The van der Waals surface area contributed by atoms with Crippen molar-refractivity contribution in [3.8, 4) is 0 Å². The average Bonchev–Trinajstić information content (AvgIpc) is 3.14. The molecule has 4 rings (SSSR count). The Hall–Kier alpha value is -2.94. The summed E-state index contributed by atoms with van der Waals surface area (Å²) in [6.45, 7) is 6.69. The van der Waals surface area contributed by atoms with Gasteiger partial charge in [-0.1, -0.05) is 6.07 Å². The van der Waals surface area contributed by atoms with Crippen LogP contribution in [0.2, 0.25) is 0 Å². The normalized spacial score (nSPS) is 20.1. The molecule has 1 amide bonds. The van der Waals surface area contributed by atoms with Crippen molar-refractivity contribution in [3.05, 3.63) is 29.6 Å². The van der Waals surface area contributed by atoms with Crippen LogP contribution in [0, 0.1) is 6.92 Å². The smallest absolute Gasteiger partial charge is 0.475 e. The molecule has 39 heavy (non-hydrogen) atoms. The predicted octanol–water partition coefficient (Wildman–Crippen LogP) is 3.79. The quantitative estimate of drug-likeness (QED) is 0.526. The van der Waals surface area contributed by atoms with Gasteiger partial charge in [-0.15, -0.1) is 0 Å². The van der Waals surface area contributed by atoms with E-state index in [9.17, 15) is 31.1 Å². The van der Waals surface area contributed by atoms with E-state index in [2.05, 4.69) is 14.8 Å². The fourth-order valence-corrected chi connectivity index (χ4v) is 4.86. The molecule has 0 atom stereocenters. The monoisotopic (exact) mass is 571 g/mol. The van der Waals surface area contributed by atoms with Gasteiger partial charge in [-0.2, -0.15) is 26.3 Å². The number of amides is 1. The number of pyridine rings is 1. The molecule has 1 aromatic heterocycles. The summed E-state index contributed by atoms with van der Waals surface area (Å²) in [4.78, 5) is 39.8. The van der Waals surface area contributed by atoms with Crippen molar-refractivity contribution in [2.24, 2.45) is 0 Å². The maximum Gasteiger partial charge on any atom is 0.490 e. The Morgan fingerprint density at radius 1 is 1.00 bits per heavy atom. The number of aromatic nitrogens is 1. The van der Waals surface area contributed by atoms with Crippen LogP contribution in [0.1, 0.15) is 49.9 Å². The summed E-state index contributed by atoms with van der Waals surface area (Å²) in [6.07, 6.45) is -3.95. The van der Waals surface area contributed by atoms with Crippen molar-refractivity contribution in [2.75, 3.05) is 26.3 Å². The number of aliphatic carboxylic acids is 2. The maximum atomic E-state index is 12.6. The third-order valence-corrected chi connectivity index (χ3v) is 6.86. The van der Waals surface area contributed by atoms with Gasteiger partial charge in [0.05, 0.1) is 12.2 Å². The number of halogens is 6. The number of hydrogen-bond acceptors (Lipinski definition) is 6. The Balaban J connectivity index is 0.000000317. The van der Waals surface area contributed by atoms with Gasteiger partial charge in [-0.05, 0) is 51.2 Å². The van der Waals surface area contributed by atoms with Gasteiger partial charge >= 0.3 is 24.3 Å². The Morgan fingerprint density at radius 3 is 1.97 bits per heavy atom. The number of carbonyl (C=O) groups is 3. The molecule has 0 bridgehead atoms. The first-order chi connectivity index (χ1) is 18.0. The van der Waals surface area contributed by atoms with Crippen molar-refractivity contribution >= 4 is 17.8 Å². The topological polar surface area (TPSA) is 120 Å². The van der Waals surface area contributed by atoms with Gasteiger partial charge in [0.25, 0.3) is 0 Å². The molecule has 3 aliphatic heterocycles. The van der Waals surface area contributed by atoms with Crippen LogP contribution in [0.3, 0.4) is 0 Å². The summed E-state index contributed by atoms with van der Waals surface area (Å²) in [7, 11) is 0. The number of rotatable bonds is 3. The molecule has 0 aromatic carbocycles. The maximum absolute atomic E-state index is 12.6. The van der Waals surface area contributed by atoms with Crippen LogP contribution >= 0.6 is 0 Å². The van der Waals surface area contributed by atoms with Crippen molar-refractivity contribution < 1.29 is 55.7 Å². The summed E-state index contributed by atoms with van der Waals surface area (Å²) in [5, 5.41) is 14.2. The number of ether oxygens (including phenoxy) is 1. The zero-order chi connectivity index (χ0) is 29.4. The number of likely N-dealkylation sites (tertiary alicyclic amines) is 2. The minimum atomic E-state index is -5.08. The zero-order valence-electron chi connectivity index (χ0n) is 21.2. The number of carboxylic acids is 2. The van der Waals surface area contributed by atoms with Gasteiger partial charge in [0.15, 0.2) is 0 Å². The fraction of sp³-hybridized carbons (Fsp3) is 0.667. The lowest BCUT2D eigenvalue weighted by molar-refractivity contribution is -0.193. The average molecular weight is 572 g/mol. The number of aryl methyl sites for hydroxylation is 1. The number of hydrogen-bond donors (Lipinski definition) is 2. The highest BCUT2D eigenvalue weighted by atomic mass is 19.4. The van der Waals surface area contributed by atoms with E-state index in [1.54, 1.807) is 0 Å². The molecule has 0 aliphatic carbocycles. The second kappa shape index (κ2) is 13.4. The number of carboxylic acid groups (broad SMARTS) is 2. The van der Waals surface area contributed by atoms with Gasteiger partial charge in [0, 0.05) is 50.0 Å². The van der Waals surface area contributed by atoms with Gasteiger partial charge in [-0.25, -0.2) is 9.59 Å². The van der Waals surface area contributed by atoms with E-state index in [1.165, 1.54) is 0 Å². The Morgan fingerprint density at radius 2 is 1.51 bits per heavy atom. The van der Waals surface area contributed by atoms with E-state index in [1.807, 2.05) is 25.1 Å². The third-order valence-electron chi connectivity index (χ3n) is 6.86. The highest BCUT2D eigenvalue weighted by Gasteiger charge is 2.47.